The second kappa shape index (κ2) is 8.75. The molecule has 0 aliphatic carbocycles. The highest BCUT2D eigenvalue weighted by Crippen LogP contribution is 2.35. The summed E-state index contributed by atoms with van der Waals surface area (Å²) in [5.74, 6) is -0.587. The molecule has 7 nitrogen and oxygen atoms in total. The number of hydrogen-bond acceptors (Lipinski definition) is 5. The predicted octanol–water partition coefficient (Wildman–Crippen LogP) is 6.40. The van der Waals surface area contributed by atoms with Gasteiger partial charge in [0.15, 0.2) is 5.69 Å². The molecule has 0 spiro atoms. The zero-order valence-corrected chi connectivity index (χ0v) is 18.7. The molecule has 0 saturated carbocycles. The maximum atomic E-state index is 13.3. The highest BCUT2D eigenvalue weighted by atomic mass is 32.1. The number of nitrogens with zero attached hydrogens (tertiary/aromatic N) is 3. The molecule has 4 aromatic rings. The fraction of sp³-hybridized carbons (Fsp3) is 0.130. The predicted molar refractivity (Wildman–Crippen MR) is 122 cm³/mol. The molecule has 4 rings (SSSR count). The van der Waals surface area contributed by atoms with Crippen molar-refractivity contribution < 1.29 is 22.9 Å². The first kappa shape index (κ1) is 23.2. The van der Waals surface area contributed by atoms with E-state index in [9.17, 15) is 28.1 Å². The fourth-order valence-electron chi connectivity index (χ4n) is 3.51. The van der Waals surface area contributed by atoms with Crippen LogP contribution in [0.5, 0.6) is 0 Å². The average Bonchev–Trinajstić information content (AvgIpc) is 3.45. The summed E-state index contributed by atoms with van der Waals surface area (Å²) < 4.78 is 41.0. The summed E-state index contributed by atoms with van der Waals surface area (Å²) in [6.07, 6.45) is -4.61. The molecule has 174 valence electrons. The molecular weight excluding hydrogens is 469 g/mol. The van der Waals surface area contributed by atoms with E-state index in [1.165, 1.54) is 46.4 Å². The van der Waals surface area contributed by atoms with Crippen molar-refractivity contribution in [2.24, 2.45) is 0 Å². The van der Waals surface area contributed by atoms with Crippen LogP contribution in [-0.4, -0.2) is 20.6 Å². The molecule has 2 heterocycles. The molecule has 2 aromatic heterocycles. The Kier molecular flexibility index (Phi) is 5.96. The van der Waals surface area contributed by atoms with Crippen LogP contribution in [-0.2, 0) is 6.18 Å². The van der Waals surface area contributed by atoms with Gasteiger partial charge in [-0.3, -0.25) is 14.9 Å². The second-order valence-electron chi connectivity index (χ2n) is 7.54. The third kappa shape index (κ3) is 4.55. The molecule has 1 amide bonds. The van der Waals surface area contributed by atoms with Gasteiger partial charge in [0.1, 0.15) is 5.69 Å². The first-order chi connectivity index (χ1) is 16.0. The van der Waals surface area contributed by atoms with Crippen LogP contribution in [0.15, 0.2) is 60.0 Å². The summed E-state index contributed by atoms with van der Waals surface area (Å²) in [5.41, 5.74) is 0.835. The summed E-state index contributed by atoms with van der Waals surface area (Å²) in [5, 5.41) is 19.5. The SMILES string of the molecule is Cc1cc(C)c(NC(=O)c2ccc(-n3nc(C(F)(F)F)cc3-c3cccs3)cc2)c([N+](=O)[O-])c1. The van der Waals surface area contributed by atoms with Gasteiger partial charge in [0, 0.05) is 11.6 Å². The van der Waals surface area contributed by atoms with Crippen LogP contribution < -0.4 is 5.32 Å². The van der Waals surface area contributed by atoms with Crippen LogP contribution in [0.25, 0.3) is 16.3 Å². The minimum absolute atomic E-state index is 0.0894. The zero-order valence-electron chi connectivity index (χ0n) is 17.9. The molecule has 0 radical (unpaired) electrons. The van der Waals surface area contributed by atoms with Crippen LogP contribution in [0.3, 0.4) is 0 Å². The van der Waals surface area contributed by atoms with Crippen molar-refractivity contribution in [3.8, 4) is 16.3 Å². The van der Waals surface area contributed by atoms with E-state index < -0.39 is 22.7 Å². The van der Waals surface area contributed by atoms with Crippen molar-refractivity contribution in [3.63, 3.8) is 0 Å². The lowest BCUT2D eigenvalue weighted by Crippen LogP contribution is -2.14. The normalized spacial score (nSPS) is 11.4. The number of nitro benzene ring substituents is 1. The number of rotatable bonds is 5. The first-order valence-electron chi connectivity index (χ1n) is 9.93. The molecule has 0 bridgehead atoms. The van der Waals surface area contributed by atoms with Gasteiger partial charge in [-0.25, -0.2) is 4.68 Å². The van der Waals surface area contributed by atoms with E-state index in [0.29, 0.717) is 21.7 Å². The highest BCUT2D eigenvalue weighted by molar-refractivity contribution is 7.13. The summed E-state index contributed by atoms with van der Waals surface area (Å²) >= 11 is 1.28. The monoisotopic (exact) mass is 486 g/mol. The lowest BCUT2D eigenvalue weighted by Gasteiger charge is -2.11. The molecule has 0 fully saturated rings. The number of nitro groups is 1. The minimum Gasteiger partial charge on any atom is -0.316 e. The highest BCUT2D eigenvalue weighted by Gasteiger charge is 2.35. The van der Waals surface area contributed by atoms with E-state index in [1.54, 1.807) is 37.4 Å². The largest absolute Gasteiger partial charge is 0.435 e. The summed E-state index contributed by atoms with van der Waals surface area (Å²) in [6.45, 7) is 3.37. The third-order valence-electron chi connectivity index (χ3n) is 5.04. The Hall–Kier alpha value is -3.99. The number of thiophene rings is 1. The maximum Gasteiger partial charge on any atom is 0.435 e. The topological polar surface area (TPSA) is 90.1 Å². The molecular formula is C23H17F3N4O3S. The zero-order chi connectivity index (χ0) is 24.6. The van der Waals surface area contributed by atoms with Crippen molar-refractivity contribution in [3.05, 3.63) is 92.5 Å². The number of anilines is 1. The quantitative estimate of drug-likeness (QED) is 0.261. The number of halogens is 3. The molecule has 0 atom stereocenters. The van der Waals surface area contributed by atoms with Crippen LogP contribution in [0.4, 0.5) is 24.5 Å². The number of hydrogen-bond donors (Lipinski definition) is 1. The standard InChI is InChI=1S/C23H17F3N4O3S/c1-13-10-14(2)21(18(11-13)30(32)33)27-22(31)15-5-7-16(8-6-15)29-17(19-4-3-9-34-19)12-20(28-29)23(24,25)26/h3-12H,1-2H3,(H,27,31). The number of carbonyl (C=O) groups excluding carboxylic acids is 1. The Labute approximate surface area is 195 Å². The van der Waals surface area contributed by atoms with E-state index in [-0.39, 0.29) is 22.6 Å². The van der Waals surface area contributed by atoms with E-state index >= 15 is 0 Å². The third-order valence-corrected chi connectivity index (χ3v) is 5.93. The van der Waals surface area contributed by atoms with Gasteiger partial charge in [0.05, 0.1) is 21.2 Å². The summed E-state index contributed by atoms with van der Waals surface area (Å²) in [4.78, 5) is 24.2. The lowest BCUT2D eigenvalue weighted by atomic mass is 10.1. The van der Waals surface area contributed by atoms with E-state index in [2.05, 4.69) is 10.4 Å². The van der Waals surface area contributed by atoms with Gasteiger partial charge in [0.2, 0.25) is 0 Å². The number of aryl methyl sites for hydroxylation is 2. The van der Waals surface area contributed by atoms with E-state index in [1.807, 2.05) is 0 Å². The number of carbonyl (C=O) groups is 1. The number of amides is 1. The van der Waals surface area contributed by atoms with Gasteiger partial charge >= 0.3 is 6.18 Å². The second-order valence-corrected chi connectivity index (χ2v) is 8.48. The van der Waals surface area contributed by atoms with Gasteiger partial charge in [-0.15, -0.1) is 11.3 Å². The van der Waals surface area contributed by atoms with Gasteiger partial charge in [0.25, 0.3) is 11.6 Å². The molecule has 0 saturated heterocycles. The summed E-state index contributed by atoms with van der Waals surface area (Å²) in [6, 6.07) is 13.3. The first-order valence-corrected chi connectivity index (χ1v) is 10.8. The van der Waals surface area contributed by atoms with Crippen molar-refractivity contribution in [1.82, 2.24) is 9.78 Å². The molecule has 0 unspecified atom stereocenters. The van der Waals surface area contributed by atoms with Crippen LogP contribution in [0.1, 0.15) is 27.2 Å². The maximum absolute atomic E-state index is 13.3. The van der Waals surface area contributed by atoms with Crippen LogP contribution in [0.2, 0.25) is 0 Å². The summed E-state index contributed by atoms with van der Waals surface area (Å²) in [7, 11) is 0. The molecule has 0 aliphatic heterocycles. The van der Waals surface area contributed by atoms with Crippen molar-refractivity contribution in [1.29, 1.82) is 0 Å². The lowest BCUT2D eigenvalue weighted by molar-refractivity contribution is -0.384. The fourth-order valence-corrected chi connectivity index (χ4v) is 4.23. The molecule has 0 aliphatic rings. The van der Waals surface area contributed by atoms with Gasteiger partial charge in [-0.1, -0.05) is 12.1 Å². The van der Waals surface area contributed by atoms with Crippen LogP contribution in [0, 0.1) is 24.0 Å². The average molecular weight is 486 g/mol. The Morgan fingerprint density at radius 3 is 2.41 bits per heavy atom. The van der Waals surface area contributed by atoms with Crippen molar-refractivity contribution in [2.75, 3.05) is 5.32 Å². The van der Waals surface area contributed by atoms with Crippen molar-refractivity contribution >= 4 is 28.6 Å². The molecule has 1 N–H and O–H groups in total. The Bertz CT molecular complexity index is 1380. The molecule has 2 aromatic carbocycles. The van der Waals surface area contributed by atoms with E-state index in [0.717, 1.165) is 6.07 Å². The Morgan fingerprint density at radius 1 is 1.12 bits per heavy atom. The minimum atomic E-state index is -4.61. The number of nitrogens with one attached hydrogen (secondary N) is 1. The van der Waals surface area contributed by atoms with Gasteiger partial charge in [-0.05, 0) is 66.8 Å². The molecule has 34 heavy (non-hydrogen) atoms. The Morgan fingerprint density at radius 2 is 1.82 bits per heavy atom. The molecule has 11 heteroatoms. The van der Waals surface area contributed by atoms with E-state index in [4.69, 9.17) is 0 Å². The number of benzene rings is 2. The number of alkyl halides is 3. The number of aromatic nitrogens is 2. The van der Waals surface area contributed by atoms with Crippen LogP contribution >= 0.6 is 11.3 Å². The van der Waals surface area contributed by atoms with Crippen molar-refractivity contribution in [2.45, 2.75) is 20.0 Å². The van der Waals surface area contributed by atoms with Gasteiger partial charge < -0.3 is 5.32 Å². The van der Waals surface area contributed by atoms with Gasteiger partial charge in [-0.2, -0.15) is 18.3 Å². The smallest absolute Gasteiger partial charge is 0.316 e. The Balaban J connectivity index is 1.66.